The highest BCUT2D eigenvalue weighted by Gasteiger charge is 2.16. The summed E-state index contributed by atoms with van der Waals surface area (Å²) in [5, 5.41) is 9.69. The molecule has 0 fully saturated rings. The van der Waals surface area contributed by atoms with E-state index < -0.39 is 6.10 Å². The third-order valence-corrected chi connectivity index (χ3v) is 13.5. The maximum atomic E-state index is 12.4. The van der Waals surface area contributed by atoms with E-state index in [2.05, 4.69) is 245 Å². The maximum Gasteiger partial charge on any atom is 0.306 e. The van der Waals surface area contributed by atoms with Gasteiger partial charge in [-0.1, -0.05) is 303 Å². The van der Waals surface area contributed by atoms with Gasteiger partial charge in [0.2, 0.25) is 0 Å². The van der Waals surface area contributed by atoms with Gasteiger partial charge < -0.3 is 14.6 Å². The summed E-state index contributed by atoms with van der Waals surface area (Å²) in [6, 6.07) is 0. The molecule has 0 bridgehead atoms. The van der Waals surface area contributed by atoms with Gasteiger partial charge in [0.1, 0.15) is 6.61 Å². The normalized spacial score (nSPS) is 13.8. The van der Waals surface area contributed by atoms with Crippen molar-refractivity contribution in [3.63, 3.8) is 0 Å². The molecule has 1 unspecified atom stereocenters. The molecule has 0 saturated heterocycles. The van der Waals surface area contributed by atoms with Crippen LogP contribution in [0.25, 0.3) is 0 Å². The number of hydrogen-bond donors (Lipinski definition) is 1. The molecule has 0 aromatic carbocycles. The summed E-state index contributed by atoms with van der Waals surface area (Å²) in [5.41, 5.74) is 0. The summed E-state index contributed by atoms with van der Waals surface area (Å²) < 4.78 is 10.7. The van der Waals surface area contributed by atoms with Crippen LogP contribution in [-0.4, -0.2) is 36.4 Å². The zero-order valence-corrected chi connectivity index (χ0v) is 54.5. The lowest BCUT2D eigenvalue weighted by Crippen LogP contribution is -2.28. The first kappa shape index (κ1) is 80.0. The standard InChI is InChI=1S/C81H122O5/c1-3-5-7-9-11-13-15-17-19-21-23-25-27-29-31-33-35-36-37-38-39-40-41-42-43-44-46-48-50-52-54-56-58-60-62-64-66-68-70-72-74-76-81(84)86-79(77-82)78-85-80(83)75-73-71-69-67-65-63-61-59-57-55-53-51-49-47-45-34-32-30-28-26-24-22-20-18-16-14-12-10-8-6-4-2/h5-8,11-14,17-20,23-26,29-32,35-36,38-39,41-42,44-47,50-53,57,59,63,65,79,82H,3-4,9-10,15-16,21-22,27-28,33-34,37,40,43,48-49,54-56,58,60-62,64,66-78H2,1-2H3/b7-5-,8-6-,13-11-,14-12-,19-17-,20-18-,25-23-,26-24-,31-29-,32-30-,36-35-,39-38-,42-41-,46-44-,47-45-,52-50-,53-51-,59-57-,65-63-. The Kier molecular flexibility index (Phi) is 68.1. The van der Waals surface area contributed by atoms with Crippen molar-refractivity contribution in [3.05, 3.63) is 231 Å². The lowest BCUT2D eigenvalue weighted by Gasteiger charge is -2.15. The van der Waals surface area contributed by atoms with Crippen LogP contribution in [0.1, 0.15) is 245 Å². The largest absolute Gasteiger partial charge is 0.462 e. The molecule has 0 aliphatic carbocycles. The quantitative estimate of drug-likeness (QED) is 0.0373. The van der Waals surface area contributed by atoms with Gasteiger partial charge in [0, 0.05) is 12.8 Å². The van der Waals surface area contributed by atoms with Crippen LogP contribution in [0.5, 0.6) is 0 Å². The van der Waals surface area contributed by atoms with Gasteiger partial charge in [-0.15, -0.1) is 0 Å². The first-order chi connectivity index (χ1) is 42.6. The van der Waals surface area contributed by atoms with Gasteiger partial charge in [-0.25, -0.2) is 0 Å². The number of carbonyl (C=O) groups excluding carboxylic acids is 2. The molecule has 5 nitrogen and oxygen atoms in total. The summed E-state index contributed by atoms with van der Waals surface area (Å²) in [4.78, 5) is 24.6. The third-order valence-electron chi connectivity index (χ3n) is 13.5. The summed E-state index contributed by atoms with van der Waals surface area (Å²) in [7, 11) is 0. The van der Waals surface area contributed by atoms with Crippen molar-refractivity contribution in [2.45, 2.75) is 251 Å². The molecule has 0 heterocycles. The maximum absolute atomic E-state index is 12.4. The van der Waals surface area contributed by atoms with Gasteiger partial charge in [0.05, 0.1) is 6.61 Å². The minimum atomic E-state index is -0.809. The highest BCUT2D eigenvalue weighted by atomic mass is 16.6. The smallest absolute Gasteiger partial charge is 0.306 e. The molecule has 1 atom stereocenters. The number of hydrogen-bond acceptors (Lipinski definition) is 5. The van der Waals surface area contributed by atoms with Crippen molar-refractivity contribution < 1.29 is 24.2 Å². The van der Waals surface area contributed by atoms with E-state index in [-0.39, 0.29) is 25.2 Å². The second-order valence-electron chi connectivity index (χ2n) is 21.4. The number of unbranched alkanes of at least 4 members (excludes halogenated alkanes) is 13. The molecule has 1 N–H and O–H groups in total. The molecule has 0 rings (SSSR count). The SMILES string of the molecule is CC/C=C\C/C=C\C/C=C\C/C=C\C/C=C\C/C=C\C/C=C\C/C=C\C/C=C\C/C=C\CCCCCCCCCCCCC(=O)OC(CO)COC(=O)CCCCC/C=C\C/C=C\C/C=C\C/C=C\C/C=C\C/C=C\C/C=C\C/C=C\C/C=C\CC. The predicted octanol–water partition coefficient (Wildman–Crippen LogP) is 24.1. The minimum absolute atomic E-state index is 0.100. The number of esters is 2. The second kappa shape index (κ2) is 73.2. The number of rotatable bonds is 59. The molecule has 0 amide bonds. The fraction of sp³-hybridized carbons (Fsp3) is 0.506. The van der Waals surface area contributed by atoms with E-state index in [1.165, 1.54) is 44.9 Å². The van der Waals surface area contributed by atoms with Gasteiger partial charge in [-0.05, 0) is 161 Å². The van der Waals surface area contributed by atoms with Crippen molar-refractivity contribution in [2.75, 3.05) is 13.2 Å². The molecule has 0 aromatic heterocycles. The first-order valence-corrected chi connectivity index (χ1v) is 33.9. The van der Waals surface area contributed by atoms with E-state index in [1.807, 2.05) is 0 Å². The lowest BCUT2D eigenvalue weighted by molar-refractivity contribution is -0.161. The Balaban J connectivity index is 3.66. The fourth-order valence-corrected chi connectivity index (χ4v) is 8.46. The summed E-state index contributed by atoms with van der Waals surface area (Å²) >= 11 is 0. The molecule has 0 aromatic rings. The Morgan fingerprint density at radius 3 is 0.709 bits per heavy atom. The van der Waals surface area contributed by atoms with E-state index in [4.69, 9.17) is 9.47 Å². The van der Waals surface area contributed by atoms with E-state index in [0.717, 1.165) is 173 Å². The van der Waals surface area contributed by atoms with Crippen LogP contribution in [0, 0.1) is 0 Å². The first-order valence-electron chi connectivity index (χ1n) is 33.9. The second-order valence-corrected chi connectivity index (χ2v) is 21.4. The van der Waals surface area contributed by atoms with Gasteiger partial charge >= 0.3 is 11.9 Å². The monoisotopic (exact) mass is 1170 g/mol. The van der Waals surface area contributed by atoms with E-state index in [1.54, 1.807) is 0 Å². The van der Waals surface area contributed by atoms with Crippen LogP contribution >= 0.6 is 0 Å². The van der Waals surface area contributed by atoms with E-state index in [9.17, 15) is 14.7 Å². The fourth-order valence-electron chi connectivity index (χ4n) is 8.46. The van der Waals surface area contributed by atoms with Crippen LogP contribution in [0.2, 0.25) is 0 Å². The molecular weight excluding hydrogens is 1050 g/mol. The summed E-state index contributed by atoms with van der Waals surface area (Å²) in [6.45, 7) is 3.87. The third kappa shape index (κ3) is 70.4. The lowest BCUT2D eigenvalue weighted by atomic mass is 10.0. The molecule has 86 heavy (non-hydrogen) atoms. The molecule has 0 radical (unpaired) electrons. The molecule has 5 heteroatoms. The van der Waals surface area contributed by atoms with Gasteiger partial charge in [-0.2, -0.15) is 0 Å². The Morgan fingerprint density at radius 2 is 0.465 bits per heavy atom. The summed E-state index contributed by atoms with van der Waals surface area (Å²) in [5.74, 6) is -0.651. The molecule has 476 valence electrons. The Bertz CT molecular complexity index is 2110. The van der Waals surface area contributed by atoms with Gasteiger partial charge in [-0.3, -0.25) is 9.59 Å². The molecular formula is C81H122O5. The number of carbonyl (C=O) groups is 2. The average molecular weight is 1180 g/mol. The van der Waals surface area contributed by atoms with Crippen LogP contribution in [-0.2, 0) is 19.1 Å². The van der Waals surface area contributed by atoms with Crippen molar-refractivity contribution in [3.8, 4) is 0 Å². The molecule has 0 spiro atoms. The average Bonchev–Trinajstić information content (AvgIpc) is 3.54. The minimum Gasteiger partial charge on any atom is -0.462 e. The number of allylic oxidation sites excluding steroid dienone is 38. The predicted molar refractivity (Wildman–Crippen MR) is 379 cm³/mol. The number of aliphatic hydroxyl groups excluding tert-OH is 1. The van der Waals surface area contributed by atoms with Crippen LogP contribution < -0.4 is 0 Å². The van der Waals surface area contributed by atoms with Crippen molar-refractivity contribution in [1.82, 2.24) is 0 Å². The van der Waals surface area contributed by atoms with Gasteiger partial charge in [0.15, 0.2) is 6.10 Å². The van der Waals surface area contributed by atoms with Crippen molar-refractivity contribution >= 4 is 11.9 Å². The van der Waals surface area contributed by atoms with E-state index in [0.29, 0.717) is 12.8 Å². The van der Waals surface area contributed by atoms with Crippen molar-refractivity contribution in [1.29, 1.82) is 0 Å². The molecule has 0 aliphatic rings. The zero-order valence-electron chi connectivity index (χ0n) is 54.5. The Morgan fingerprint density at radius 1 is 0.267 bits per heavy atom. The molecule has 0 aliphatic heterocycles. The highest BCUT2D eigenvalue weighted by molar-refractivity contribution is 5.70. The number of ether oxygens (including phenoxy) is 2. The van der Waals surface area contributed by atoms with Crippen LogP contribution in [0.15, 0.2) is 231 Å². The summed E-state index contributed by atoms with van der Waals surface area (Å²) in [6.07, 6.45) is 120. The Hall–Kier alpha value is -6.04. The number of aliphatic hydroxyl groups is 1. The zero-order chi connectivity index (χ0) is 61.9. The van der Waals surface area contributed by atoms with Crippen LogP contribution in [0.4, 0.5) is 0 Å². The highest BCUT2D eigenvalue weighted by Crippen LogP contribution is 2.14. The van der Waals surface area contributed by atoms with Crippen molar-refractivity contribution in [2.24, 2.45) is 0 Å². The topological polar surface area (TPSA) is 72.8 Å². The van der Waals surface area contributed by atoms with Crippen LogP contribution in [0.3, 0.4) is 0 Å². The molecule has 0 saturated carbocycles. The van der Waals surface area contributed by atoms with Gasteiger partial charge in [0.25, 0.3) is 0 Å². The van der Waals surface area contributed by atoms with E-state index >= 15 is 0 Å². The Labute approximate surface area is 528 Å².